The van der Waals surface area contributed by atoms with Gasteiger partial charge < -0.3 is 15.0 Å². The molecule has 1 atom stereocenters. The molecule has 25 heavy (non-hydrogen) atoms. The number of aromatic nitrogens is 1. The van der Waals surface area contributed by atoms with E-state index in [-0.39, 0.29) is 6.23 Å². The summed E-state index contributed by atoms with van der Waals surface area (Å²) in [6.07, 6.45) is -0.237. The van der Waals surface area contributed by atoms with Gasteiger partial charge in [0.2, 0.25) is 0 Å². The number of H-pyrrole nitrogens is 1. The molecule has 0 amide bonds. The van der Waals surface area contributed by atoms with Gasteiger partial charge in [0.05, 0.1) is 11.4 Å². The molecule has 2 N–H and O–H groups in total. The summed E-state index contributed by atoms with van der Waals surface area (Å²) in [6.45, 7) is 0. The van der Waals surface area contributed by atoms with Gasteiger partial charge in [-0.2, -0.15) is 0 Å². The Balaban J connectivity index is 1.69. The summed E-state index contributed by atoms with van der Waals surface area (Å²) in [5.74, 6) is 0.875. The number of hydrogen-bond donors (Lipinski definition) is 2. The zero-order valence-corrected chi connectivity index (χ0v) is 14.0. The first-order valence-electron chi connectivity index (χ1n) is 8.18. The maximum Gasteiger partial charge on any atom is 0.199 e. The second-order valence-corrected chi connectivity index (χ2v) is 6.54. The van der Waals surface area contributed by atoms with E-state index in [0.29, 0.717) is 0 Å². The smallest absolute Gasteiger partial charge is 0.199 e. The molecule has 1 aliphatic rings. The summed E-state index contributed by atoms with van der Waals surface area (Å²) in [7, 11) is 0. The third-order valence-corrected chi connectivity index (χ3v) is 4.81. The van der Waals surface area contributed by atoms with Gasteiger partial charge in [-0.25, -0.2) is 0 Å². The van der Waals surface area contributed by atoms with Gasteiger partial charge >= 0.3 is 0 Å². The van der Waals surface area contributed by atoms with Gasteiger partial charge in [0.25, 0.3) is 0 Å². The van der Waals surface area contributed by atoms with E-state index in [1.54, 1.807) is 0 Å². The number of nitrogens with one attached hydrogen (secondary N) is 2. The molecule has 0 bridgehead atoms. The van der Waals surface area contributed by atoms with Crippen molar-refractivity contribution in [2.75, 3.05) is 5.32 Å². The molecule has 2 heterocycles. The van der Waals surface area contributed by atoms with E-state index >= 15 is 0 Å². The first-order valence-corrected chi connectivity index (χ1v) is 8.56. The van der Waals surface area contributed by atoms with Gasteiger partial charge in [-0.1, -0.05) is 54.1 Å². The highest BCUT2D eigenvalue weighted by Crippen LogP contribution is 2.43. The zero-order valence-electron chi connectivity index (χ0n) is 13.3. The van der Waals surface area contributed by atoms with Crippen LogP contribution in [0.15, 0.2) is 72.8 Å². The lowest BCUT2D eigenvalue weighted by Gasteiger charge is -2.14. The van der Waals surface area contributed by atoms with Crippen LogP contribution >= 0.6 is 11.6 Å². The quantitative estimate of drug-likeness (QED) is 0.467. The summed E-state index contributed by atoms with van der Waals surface area (Å²) in [4.78, 5) is 3.54. The maximum absolute atomic E-state index is 6.19. The van der Waals surface area contributed by atoms with Crippen molar-refractivity contribution in [2.24, 2.45) is 0 Å². The summed E-state index contributed by atoms with van der Waals surface area (Å²) >= 11 is 6.06. The number of para-hydroxylation sites is 3. The molecule has 4 heteroatoms. The highest BCUT2D eigenvalue weighted by Gasteiger charge is 2.28. The monoisotopic (exact) mass is 346 g/mol. The van der Waals surface area contributed by atoms with Gasteiger partial charge in [-0.15, -0.1) is 0 Å². The van der Waals surface area contributed by atoms with Crippen molar-refractivity contribution in [2.45, 2.75) is 6.23 Å². The Morgan fingerprint density at radius 2 is 1.60 bits per heavy atom. The molecular formula is C21H15ClN2O. The predicted molar refractivity (Wildman–Crippen MR) is 102 cm³/mol. The second-order valence-electron chi connectivity index (χ2n) is 6.10. The molecule has 5 rings (SSSR count). The summed E-state index contributed by atoms with van der Waals surface area (Å²) in [5.41, 5.74) is 5.33. The van der Waals surface area contributed by atoms with Gasteiger partial charge in [0.15, 0.2) is 6.23 Å². The van der Waals surface area contributed by atoms with Crippen LogP contribution in [0.1, 0.15) is 11.8 Å². The summed E-state index contributed by atoms with van der Waals surface area (Å²) < 4.78 is 6.19. The molecule has 1 aromatic heterocycles. The first kappa shape index (κ1) is 14.4. The largest absolute Gasteiger partial charge is 0.464 e. The number of aromatic amines is 1. The van der Waals surface area contributed by atoms with E-state index < -0.39 is 0 Å². The van der Waals surface area contributed by atoms with Crippen molar-refractivity contribution in [3.8, 4) is 17.0 Å². The molecule has 0 saturated heterocycles. The minimum absolute atomic E-state index is 0.237. The predicted octanol–water partition coefficient (Wildman–Crippen LogP) is 5.99. The van der Waals surface area contributed by atoms with E-state index in [2.05, 4.69) is 22.4 Å². The molecule has 0 radical (unpaired) electrons. The third-order valence-electron chi connectivity index (χ3n) is 4.56. The number of rotatable bonds is 2. The van der Waals surface area contributed by atoms with Crippen molar-refractivity contribution in [1.29, 1.82) is 0 Å². The van der Waals surface area contributed by atoms with E-state index in [1.807, 2.05) is 60.7 Å². The fraction of sp³-hybridized carbons (Fsp3) is 0.0476. The van der Waals surface area contributed by atoms with Crippen molar-refractivity contribution in [3.05, 3.63) is 83.4 Å². The van der Waals surface area contributed by atoms with Gasteiger partial charge in [-0.3, -0.25) is 0 Å². The number of anilines is 1. The van der Waals surface area contributed by atoms with Gasteiger partial charge in [-0.05, 0) is 35.9 Å². The van der Waals surface area contributed by atoms with Crippen LogP contribution in [0.3, 0.4) is 0 Å². The number of benzene rings is 3. The number of ether oxygens (including phenoxy) is 1. The Hall–Kier alpha value is -2.91. The molecule has 0 fully saturated rings. The lowest BCUT2D eigenvalue weighted by atomic mass is 10.0. The molecule has 1 unspecified atom stereocenters. The lowest BCUT2D eigenvalue weighted by molar-refractivity contribution is 0.262. The van der Waals surface area contributed by atoms with E-state index in [1.165, 1.54) is 0 Å². The molecule has 3 aromatic carbocycles. The van der Waals surface area contributed by atoms with E-state index in [0.717, 1.165) is 44.2 Å². The van der Waals surface area contributed by atoms with Crippen LogP contribution in [0, 0.1) is 0 Å². The Bertz CT molecular complexity index is 1040. The van der Waals surface area contributed by atoms with Crippen LogP contribution in [0.5, 0.6) is 5.75 Å². The topological polar surface area (TPSA) is 37.0 Å². The average Bonchev–Trinajstić information content (AvgIpc) is 3.23. The van der Waals surface area contributed by atoms with Crippen molar-refractivity contribution in [3.63, 3.8) is 0 Å². The minimum Gasteiger partial charge on any atom is -0.464 e. The van der Waals surface area contributed by atoms with Crippen LogP contribution in [0.4, 0.5) is 5.69 Å². The van der Waals surface area contributed by atoms with Crippen LogP contribution in [-0.2, 0) is 0 Å². The zero-order chi connectivity index (χ0) is 16.8. The Kier molecular flexibility index (Phi) is 3.22. The maximum atomic E-state index is 6.19. The lowest BCUT2D eigenvalue weighted by Crippen LogP contribution is -2.10. The molecule has 0 saturated carbocycles. The fourth-order valence-electron chi connectivity index (χ4n) is 3.40. The summed E-state index contributed by atoms with van der Waals surface area (Å²) in [5, 5.41) is 5.36. The van der Waals surface area contributed by atoms with Crippen molar-refractivity contribution in [1.82, 2.24) is 4.98 Å². The highest BCUT2D eigenvalue weighted by molar-refractivity contribution is 6.30. The SMILES string of the molecule is Clc1ccc(-c2[nH]c3ccccc3c2C2Nc3ccccc3O2)cc1. The number of hydrogen-bond acceptors (Lipinski definition) is 2. The van der Waals surface area contributed by atoms with Gasteiger partial charge in [0, 0.05) is 21.5 Å². The third kappa shape index (κ3) is 2.36. The van der Waals surface area contributed by atoms with Crippen LogP contribution in [0.2, 0.25) is 5.02 Å². The standard InChI is InChI=1S/C21H15ClN2O/c22-14-11-9-13(10-12-14)20-19(15-5-1-2-6-16(15)23-20)21-24-17-7-3-4-8-18(17)25-21/h1-12,21,23-24H. The van der Waals surface area contributed by atoms with Crippen LogP contribution in [0.25, 0.3) is 22.2 Å². The highest BCUT2D eigenvalue weighted by atomic mass is 35.5. The Morgan fingerprint density at radius 3 is 2.44 bits per heavy atom. The molecule has 122 valence electrons. The van der Waals surface area contributed by atoms with E-state index in [9.17, 15) is 0 Å². The summed E-state index contributed by atoms with van der Waals surface area (Å²) in [6, 6.07) is 24.2. The second kappa shape index (κ2) is 5.57. The van der Waals surface area contributed by atoms with Crippen LogP contribution in [-0.4, -0.2) is 4.98 Å². The Labute approximate surface area is 150 Å². The Morgan fingerprint density at radius 1 is 0.840 bits per heavy atom. The number of fused-ring (bicyclic) bond motifs is 2. The molecule has 3 nitrogen and oxygen atoms in total. The number of halogens is 1. The molecule has 0 aliphatic carbocycles. The molecule has 0 spiro atoms. The molecular weight excluding hydrogens is 332 g/mol. The normalized spacial score (nSPS) is 15.6. The molecule has 1 aliphatic heterocycles. The van der Waals surface area contributed by atoms with Crippen molar-refractivity contribution >= 4 is 28.2 Å². The fourth-order valence-corrected chi connectivity index (χ4v) is 3.52. The first-order chi connectivity index (χ1) is 12.3. The minimum atomic E-state index is -0.237. The van der Waals surface area contributed by atoms with E-state index in [4.69, 9.17) is 16.3 Å². The van der Waals surface area contributed by atoms with Gasteiger partial charge in [0.1, 0.15) is 5.75 Å². The average molecular weight is 347 g/mol. The molecule has 4 aromatic rings. The van der Waals surface area contributed by atoms with Crippen molar-refractivity contribution < 1.29 is 4.74 Å². The van der Waals surface area contributed by atoms with Crippen LogP contribution < -0.4 is 10.1 Å².